The van der Waals surface area contributed by atoms with Gasteiger partial charge in [-0.05, 0) is 18.1 Å². The molecule has 1 heterocycles. The van der Waals surface area contributed by atoms with Crippen LogP contribution in [0.4, 0.5) is 19.0 Å². The zero-order chi connectivity index (χ0) is 9.90. The van der Waals surface area contributed by atoms with Gasteiger partial charge in [-0.15, -0.1) is 0 Å². The highest BCUT2D eigenvalue weighted by molar-refractivity contribution is 5.38. The summed E-state index contributed by atoms with van der Waals surface area (Å²) in [6.07, 6.45) is -3.65. The molecular formula is C8H9F3N2. The Morgan fingerprint density at radius 3 is 2.62 bits per heavy atom. The van der Waals surface area contributed by atoms with Crippen molar-refractivity contribution in [3.8, 4) is 0 Å². The number of halogens is 3. The maximum absolute atomic E-state index is 11.8. The first-order valence-electron chi connectivity index (χ1n) is 3.75. The molecule has 2 N–H and O–H groups in total. The lowest BCUT2D eigenvalue weighted by atomic mass is 10.1. The van der Waals surface area contributed by atoms with E-state index in [0.717, 1.165) is 0 Å². The van der Waals surface area contributed by atoms with Gasteiger partial charge in [0.05, 0.1) is 0 Å². The number of alkyl halides is 3. The molecule has 72 valence electrons. The van der Waals surface area contributed by atoms with Gasteiger partial charge in [0.2, 0.25) is 0 Å². The predicted molar refractivity (Wildman–Crippen MR) is 43.0 cm³/mol. The topological polar surface area (TPSA) is 38.9 Å². The van der Waals surface area contributed by atoms with Crippen molar-refractivity contribution in [2.75, 3.05) is 5.73 Å². The lowest BCUT2D eigenvalue weighted by Crippen LogP contribution is -2.09. The van der Waals surface area contributed by atoms with Crippen LogP contribution in [-0.2, 0) is 6.42 Å². The van der Waals surface area contributed by atoms with Crippen LogP contribution in [0, 0.1) is 0 Å². The van der Waals surface area contributed by atoms with Crippen molar-refractivity contribution in [1.29, 1.82) is 0 Å². The molecule has 0 radical (unpaired) electrons. The molecule has 0 aromatic carbocycles. The van der Waals surface area contributed by atoms with E-state index in [-0.39, 0.29) is 12.2 Å². The van der Waals surface area contributed by atoms with Crippen LogP contribution < -0.4 is 5.73 Å². The summed E-state index contributed by atoms with van der Waals surface area (Å²) in [6.45, 7) is 0. The second kappa shape index (κ2) is 3.64. The maximum atomic E-state index is 11.8. The molecule has 0 fully saturated rings. The number of hydrogen-bond acceptors (Lipinski definition) is 2. The largest absolute Gasteiger partial charge is 0.389 e. The maximum Gasteiger partial charge on any atom is 0.389 e. The van der Waals surface area contributed by atoms with E-state index < -0.39 is 12.6 Å². The molecule has 1 aromatic heterocycles. The van der Waals surface area contributed by atoms with Crippen LogP contribution >= 0.6 is 0 Å². The number of anilines is 1. The van der Waals surface area contributed by atoms with Crippen LogP contribution in [0.3, 0.4) is 0 Å². The second-order valence-electron chi connectivity index (χ2n) is 2.66. The Bertz CT molecular complexity index is 283. The van der Waals surface area contributed by atoms with Crippen LogP contribution in [0.5, 0.6) is 0 Å². The van der Waals surface area contributed by atoms with E-state index in [4.69, 9.17) is 5.73 Å². The van der Waals surface area contributed by atoms with Gasteiger partial charge in [0.15, 0.2) is 0 Å². The zero-order valence-corrected chi connectivity index (χ0v) is 6.80. The van der Waals surface area contributed by atoms with Crippen LogP contribution in [0.25, 0.3) is 0 Å². The van der Waals surface area contributed by atoms with Crippen LogP contribution in [0.2, 0.25) is 0 Å². The molecule has 0 spiro atoms. The van der Waals surface area contributed by atoms with Gasteiger partial charge in [0, 0.05) is 12.6 Å². The number of aromatic nitrogens is 1. The smallest absolute Gasteiger partial charge is 0.383 e. The van der Waals surface area contributed by atoms with Crippen molar-refractivity contribution in [2.24, 2.45) is 0 Å². The van der Waals surface area contributed by atoms with Gasteiger partial charge in [0.1, 0.15) is 5.82 Å². The minimum atomic E-state index is -4.14. The number of aryl methyl sites for hydroxylation is 1. The third-order valence-electron chi connectivity index (χ3n) is 1.60. The highest BCUT2D eigenvalue weighted by Gasteiger charge is 2.26. The van der Waals surface area contributed by atoms with E-state index >= 15 is 0 Å². The number of rotatable bonds is 2. The van der Waals surface area contributed by atoms with Crippen LogP contribution in [0.1, 0.15) is 12.0 Å². The van der Waals surface area contributed by atoms with Crippen LogP contribution in [-0.4, -0.2) is 11.2 Å². The van der Waals surface area contributed by atoms with Gasteiger partial charge < -0.3 is 5.73 Å². The Balaban J connectivity index is 2.60. The fourth-order valence-electron chi connectivity index (χ4n) is 0.939. The minimum absolute atomic E-state index is 0.108. The number of nitrogens with two attached hydrogens (primary N) is 1. The van der Waals surface area contributed by atoms with Gasteiger partial charge in [-0.25, -0.2) is 4.98 Å². The fourth-order valence-corrected chi connectivity index (χ4v) is 0.939. The van der Waals surface area contributed by atoms with Gasteiger partial charge in [-0.1, -0.05) is 6.07 Å². The van der Waals surface area contributed by atoms with Gasteiger partial charge >= 0.3 is 6.18 Å². The minimum Gasteiger partial charge on any atom is -0.383 e. The first-order chi connectivity index (χ1) is 5.99. The Hall–Kier alpha value is -1.26. The molecule has 0 aliphatic heterocycles. The monoisotopic (exact) mass is 190 g/mol. The van der Waals surface area contributed by atoms with Crippen molar-refractivity contribution < 1.29 is 13.2 Å². The molecule has 5 heteroatoms. The highest BCUT2D eigenvalue weighted by atomic mass is 19.4. The molecule has 1 rings (SSSR count). The number of hydrogen-bond donors (Lipinski definition) is 1. The molecule has 0 unspecified atom stereocenters. The number of pyridine rings is 1. The molecule has 2 nitrogen and oxygen atoms in total. The molecule has 0 saturated heterocycles. The summed E-state index contributed by atoms with van der Waals surface area (Å²) in [5.74, 6) is 0.173. The van der Waals surface area contributed by atoms with Gasteiger partial charge in [0.25, 0.3) is 0 Å². The first kappa shape index (κ1) is 9.83. The molecule has 0 saturated carbocycles. The molecule has 13 heavy (non-hydrogen) atoms. The lowest BCUT2D eigenvalue weighted by Gasteiger charge is -2.06. The molecule has 0 amide bonds. The van der Waals surface area contributed by atoms with Gasteiger partial charge in [-0.2, -0.15) is 13.2 Å². The molecule has 1 aromatic rings. The Morgan fingerprint density at radius 2 is 2.08 bits per heavy atom. The van der Waals surface area contributed by atoms with E-state index in [2.05, 4.69) is 4.98 Å². The molecule has 0 atom stereocenters. The Morgan fingerprint density at radius 1 is 1.38 bits per heavy atom. The zero-order valence-electron chi connectivity index (χ0n) is 6.80. The quantitative estimate of drug-likeness (QED) is 0.776. The summed E-state index contributed by atoms with van der Waals surface area (Å²) in [7, 11) is 0. The summed E-state index contributed by atoms with van der Waals surface area (Å²) >= 11 is 0. The first-order valence-corrected chi connectivity index (χ1v) is 3.75. The highest BCUT2D eigenvalue weighted by Crippen LogP contribution is 2.23. The third kappa shape index (κ3) is 3.31. The van der Waals surface area contributed by atoms with E-state index in [9.17, 15) is 13.2 Å². The van der Waals surface area contributed by atoms with Crippen LogP contribution in [0.15, 0.2) is 18.3 Å². The van der Waals surface area contributed by atoms with Crippen molar-refractivity contribution in [3.05, 3.63) is 23.9 Å². The molecule has 0 aliphatic rings. The fraction of sp³-hybridized carbons (Fsp3) is 0.375. The second-order valence-corrected chi connectivity index (χ2v) is 2.66. The third-order valence-corrected chi connectivity index (χ3v) is 1.60. The number of nitrogen functional groups attached to an aromatic ring is 1. The summed E-state index contributed by atoms with van der Waals surface area (Å²) in [5, 5.41) is 0. The van der Waals surface area contributed by atoms with Gasteiger partial charge in [-0.3, -0.25) is 0 Å². The normalized spacial score (nSPS) is 11.6. The summed E-state index contributed by atoms with van der Waals surface area (Å²) < 4.78 is 35.4. The van der Waals surface area contributed by atoms with E-state index in [1.165, 1.54) is 6.20 Å². The Labute approximate surface area is 73.6 Å². The van der Waals surface area contributed by atoms with Crippen molar-refractivity contribution in [3.63, 3.8) is 0 Å². The standard InChI is InChI=1S/C8H9F3N2/c9-8(10,11)4-3-6-2-1-5-13-7(6)12/h1-2,5H,3-4H2,(H2,12,13). The summed E-state index contributed by atoms with van der Waals surface area (Å²) in [5.41, 5.74) is 5.82. The van der Waals surface area contributed by atoms with E-state index in [1.807, 2.05) is 0 Å². The van der Waals surface area contributed by atoms with Crippen molar-refractivity contribution in [2.45, 2.75) is 19.0 Å². The summed E-state index contributed by atoms with van der Waals surface area (Å²) in [6, 6.07) is 3.12. The molecule has 0 bridgehead atoms. The van der Waals surface area contributed by atoms with Crippen molar-refractivity contribution in [1.82, 2.24) is 4.98 Å². The summed E-state index contributed by atoms with van der Waals surface area (Å²) in [4.78, 5) is 3.69. The predicted octanol–water partition coefficient (Wildman–Crippen LogP) is 2.16. The molecular weight excluding hydrogens is 181 g/mol. The SMILES string of the molecule is Nc1ncccc1CCC(F)(F)F. The van der Waals surface area contributed by atoms with E-state index in [0.29, 0.717) is 5.56 Å². The number of nitrogens with zero attached hydrogens (tertiary/aromatic N) is 1. The van der Waals surface area contributed by atoms with E-state index in [1.54, 1.807) is 12.1 Å². The average Bonchev–Trinajstić information content (AvgIpc) is 2.01. The molecule has 0 aliphatic carbocycles. The average molecular weight is 190 g/mol. The lowest BCUT2D eigenvalue weighted by molar-refractivity contribution is -0.133. The Kier molecular flexibility index (Phi) is 2.75. The van der Waals surface area contributed by atoms with Crippen molar-refractivity contribution >= 4 is 5.82 Å².